The smallest absolute Gasteiger partial charge is 0.247 e. The number of ether oxygens (including phenoxy) is 2. The molecular weight excluding hydrogens is 380 g/mol. The van der Waals surface area contributed by atoms with Crippen molar-refractivity contribution in [1.82, 2.24) is 4.90 Å². The summed E-state index contributed by atoms with van der Waals surface area (Å²) in [7, 11) is 1.65. The van der Waals surface area contributed by atoms with Gasteiger partial charge in [-0.3, -0.25) is 9.59 Å². The molecule has 2 saturated heterocycles. The van der Waals surface area contributed by atoms with E-state index in [2.05, 4.69) is 5.32 Å². The van der Waals surface area contributed by atoms with Crippen LogP contribution in [-0.4, -0.2) is 49.6 Å². The lowest BCUT2D eigenvalue weighted by atomic mass is 9.98. The van der Waals surface area contributed by atoms with Crippen molar-refractivity contribution in [2.24, 2.45) is 5.92 Å². The van der Waals surface area contributed by atoms with Crippen molar-refractivity contribution >= 4 is 17.5 Å². The van der Waals surface area contributed by atoms with Gasteiger partial charge in [0.05, 0.1) is 7.11 Å². The van der Waals surface area contributed by atoms with Crippen molar-refractivity contribution in [2.75, 3.05) is 32.2 Å². The van der Waals surface area contributed by atoms with E-state index in [4.69, 9.17) is 9.47 Å². The van der Waals surface area contributed by atoms with E-state index in [1.807, 2.05) is 48.5 Å². The Labute approximate surface area is 177 Å². The van der Waals surface area contributed by atoms with Crippen molar-refractivity contribution in [3.63, 3.8) is 0 Å². The third kappa shape index (κ3) is 4.49. The minimum absolute atomic E-state index is 0.0192. The van der Waals surface area contributed by atoms with Gasteiger partial charge >= 0.3 is 0 Å². The Kier molecular flexibility index (Phi) is 6.33. The number of amides is 2. The first kappa shape index (κ1) is 20.4. The Morgan fingerprint density at radius 3 is 2.53 bits per heavy atom. The number of carbonyl (C=O) groups excluding carboxylic acids is 2. The minimum atomic E-state index is -0.390. The molecule has 2 aromatic rings. The number of methoxy groups -OCH3 is 1. The molecule has 0 aliphatic carbocycles. The van der Waals surface area contributed by atoms with E-state index in [0.717, 1.165) is 41.8 Å². The molecule has 30 heavy (non-hydrogen) atoms. The van der Waals surface area contributed by atoms with Crippen LogP contribution in [0.5, 0.6) is 5.75 Å². The summed E-state index contributed by atoms with van der Waals surface area (Å²) in [5, 5.41) is 2.99. The summed E-state index contributed by atoms with van der Waals surface area (Å²) in [6.45, 7) is 1.91. The van der Waals surface area contributed by atoms with Crippen molar-refractivity contribution < 1.29 is 19.1 Å². The van der Waals surface area contributed by atoms with Crippen molar-refractivity contribution in [1.29, 1.82) is 0 Å². The molecule has 0 bridgehead atoms. The first-order valence-electron chi connectivity index (χ1n) is 10.6. The molecule has 2 heterocycles. The molecular formula is C24H28N2O4. The zero-order chi connectivity index (χ0) is 20.9. The van der Waals surface area contributed by atoms with Gasteiger partial charge in [-0.1, -0.05) is 24.3 Å². The van der Waals surface area contributed by atoms with Crippen LogP contribution >= 0.6 is 0 Å². The van der Waals surface area contributed by atoms with Crippen LogP contribution in [0.3, 0.4) is 0 Å². The van der Waals surface area contributed by atoms with E-state index < -0.39 is 6.04 Å². The van der Waals surface area contributed by atoms with Gasteiger partial charge in [-0.05, 0) is 61.1 Å². The molecule has 1 N–H and O–H groups in total. The number of benzene rings is 2. The summed E-state index contributed by atoms with van der Waals surface area (Å²) >= 11 is 0. The quantitative estimate of drug-likeness (QED) is 0.819. The highest BCUT2D eigenvalue weighted by Gasteiger charge is 2.37. The van der Waals surface area contributed by atoms with Gasteiger partial charge in [0, 0.05) is 31.4 Å². The average Bonchev–Trinajstić information content (AvgIpc) is 3.30. The van der Waals surface area contributed by atoms with Gasteiger partial charge in [-0.15, -0.1) is 0 Å². The van der Waals surface area contributed by atoms with Crippen molar-refractivity contribution in [2.45, 2.75) is 31.7 Å². The van der Waals surface area contributed by atoms with Crippen LogP contribution in [0.2, 0.25) is 0 Å². The number of nitrogens with one attached hydrogen (secondary N) is 1. The summed E-state index contributed by atoms with van der Waals surface area (Å²) < 4.78 is 10.6. The predicted octanol–water partition coefficient (Wildman–Crippen LogP) is 3.72. The third-order valence-corrected chi connectivity index (χ3v) is 5.96. The topological polar surface area (TPSA) is 67.9 Å². The van der Waals surface area contributed by atoms with Crippen molar-refractivity contribution in [3.05, 3.63) is 48.5 Å². The Hall–Kier alpha value is -2.86. The van der Waals surface area contributed by atoms with E-state index in [0.29, 0.717) is 26.2 Å². The second-order valence-electron chi connectivity index (χ2n) is 7.87. The molecule has 4 rings (SSSR count). The molecule has 0 aromatic heterocycles. The summed E-state index contributed by atoms with van der Waals surface area (Å²) in [5.41, 5.74) is 2.83. The zero-order valence-corrected chi connectivity index (χ0v) is 17.3. The second-order valence-corrected chi connectivity index (χ2v) is 7.87. The van der Waals surface area contributed by atoms with Crippen LogP contribution in [0.15, 0.2) is 48.5 Å². The molecule has 2 aromatic carbocycles. The summed E-state index contributed by atoms with van der Waals surface area (Å²) in [5.74, 6) is 0.779. The Bertz CT molecular complexity index is 890. The average molecular weight is 408 g/mol. The lowest BCUT2D eigenvalue weighted by molar-refractivity contribution is -0.142. The Morgan fingerprint density at radius 1 is 1.03 bits per heavy atom. The van der Waals surface area contributed by atoms with Gasteiger partial charge in [-0.2, -0.15) is 0 Å². The van der Waals surface area contributed by atoms with Gasteiger partial charge in [0.25, 0.3) is 0 Å². The first-order valence-corrected chi connectivity index (χ1v) is 10.6. The molecule has 2 fully saturated rings. The van der Waals surface area contributed by atoms with Gasteiger partial charge in [-0.25, -0.2) is 0 Å². The number of hydrogen-bond donors (Lipinski definition) is 1. The summed E-state index contributed by atoms with van der Waals surface area (Å²) in [6, 6.07) is 15.2. The standard InChI is InChI=1S/C24H28N2O4/c1-29-21-5-2-4-19(16-21)17-7-9-20(10-8-17)25-23(27)22-6-3-13-26(22)24(28)18-11-14-30-15-12-18/h2,4-5,7-10,16,18,22H,3,6,11-15H2,1H3,(H,25,27)/t22-/m0/s1. The molecule has 0 radical (unpaired) electrons. The van der Waals surface area contributed by atoms with Gasteiger partial charge in [0.1, 0.15) is 11.8 Å². The largest absolute Gasteiger partial charge is 0.497 e. The van der Waals surface area contributed by atoms with Crippen molar-refractivity contribution in [3.8, 4) is 16.9 Å². The fourth-order valence-corrected chi connectivity index (χ4v) is 4.26. The third-order valence-electron chi connectivity index (χ3n) is 5.96. The van der Waals surface area contributed by atoms with Crippen LogP contribution in [0.25, 0.3) is 11.1 Å². The maximum Gasteiger partial charge on any atom is 0.247 e. The molecule has 6 nitrogen and oxygen atoms in total. The number of hydrogen-bond acceptors (Lipinski definition) is 4. The maximum absolute atomic E-state index is 12.9. The van der Waals surface area contributed by atoms with Crippen LogP contribution in [-0.2, 0) is 14.3 Å². The molecule has 158 valence electrons. The number of anilines is 1. The molecule has 2 amide bonds. The van der Waals surface area contributed by atoms with Gasteiger partial charge < -0.3 is 19.7 Å². The molecule has 2 aliphatic heterocycles. The second kappa shape index (κ2) is 9.30. The van der Waals surface area contributed by atoms with E-state index in [-0.39, 0.29) is 17.7 Å². The van der Waals surface area contributed by atoms with Gasteiger partial charge in [0.2, 0.25) is 11.8 Å². The molecule has 0 spiro atoms. The Balaban J connectivity index is 1.40. The number of nitrogens with zero attached hydrogens (tertiary/aromatic N) is 1. The highest BCUT2D eigenvalue weighted by Crippen LogP contribution is 2.27. The minimum Gasteiger partial charge on any atom is -0.497 e. The molecule has 1 atom stereocenters. The number of rotatable bonds is 5. The van der Waals surface area contributed by atoms with Crippen LogP contribution in [0.1, 0.15) is 25.7 Å². The lowest BCUT2D eigenvalue weighted by Crippen LogP contribution is -2.46. The normalized spacial score (nSPS) is 19.5. The summed E-state index contributed by atoms with van der Waals surface area (Å²) in [6.07, 6.45) is 3.06. The highest BCUT2D eigenvalue weighted by molar-refractivity contribution is 5.98. The fraction of sp³-hybridized carbons (Fsp3) is 0.417. The monoisotopic (exact) mass is 408 g/mol. The predicted molar refractivity (Wildman–Crippen MR) is 115 cm³/mol. The maximum atomic E-state index is 12.9. The summed E-state index contributed by atoms with van der Waals surface area (Å²) in [4.78, 5) is 27.6. The number of likely N-dealkylation sites (tertiary alicyclic amines) is 1. The van der Waals surface area contributed by atoms with E-state index >= 15 is 0 Å². The van der Waals surface area contributed by atoms with E-state index in [9.17, 15) is 9.59 Å². The highest BCUT2D eigenvalue weighted by atomic mass is 16.5. The molecule has 0 unspecified atom stereocenters. The van der Waals surface area contributed by atoms with E-state index in [1.54, 1.807) is 12.0 Å². The lowest BCUT2D eigenvalue weighted by Gasteiger charge is -2.30. The van der Waals surface area contributed by atoms with Gasteiger partial charge in [0.15, 0.2) is 0 Å². The SMILES string of the molecule is COc1cccc(-c2ccc(NC(=O)[C@@H]3CCCN3C(=O)C3CCOCC3)cc2)c1. The Morgan fingerprint density at radius 2 is 1.80 bits per heavy atom. The van der Waals surface area contributed by atoms with Crippen LogP contribution < -0.4 is 10.1 Å². The van der Waals surface area contributed by atoms with Crippen LogP contribution in [0, 0.1) is 5.92 Å². The number of carbonyl (C=O) groups is 2. The fourth-order valence-electron chi connectivity index (χ4n) is 4.26. The molecule has 6 heteroatoms. The molecule has 0 saturated carbocycles. The van der Waals surface area contributed by atoms with Crippen LogP contribution in [0.4, 0.5) is 5.69 Å². The first-order chi connectivity index (χ1) is 14.7. The molecule has 2 aliphatic rings. The zero-order valence-electron chi connectivity index (χ0n) is 17.3. The van der Waals surface area contributed by atoms with E-state index in [1.165, 1.54) is 0 Å².